The Labute approximate surface area is 148 Å². The van der Waals surface area contributed by atoms with Gasteiger partial charge in [-0.2, -0.15) is 0 Å². The molecule has 3 saturated heterocycles. The van der Waals surface area contributed by atoms with Crippen molar-refractivity contribution in [2.24, 2.45) is 11.8 Å². The number of nitrogens with zero attached hydrogens (tertiary/aromatic N) is 3. The maximum absolute atomic E-state index is 12.6. The molecule has 1 aromatic heterocycles. The molecule has 134 valence electrons. The first-order valence-electron chi connectivity index (χ1n) is 9.28. The first kappa shape index (κ1) is 16.5. The number of fused-ring (bicyclic) bond motifs is 1. The molecule has 0 bridgehead atoms. The first-order chi connectivity index (χ1) is 12.2. The summed E-state index contributed by atoms with van der Waals surface area (Å²) in [5.74, 6) is 1.24. The van der Waals surface area contributed by atoms with Gasteiger partial charge in [0.1, 0.15) is 0 Å². The Hall–Kier alpha value is -1.95. The Bertz CT molecular complexity index is 636. The Morgan fingerprint density at radius 2 is 2.24 bits per heavy atom. The SMILES string of the molecule is O=C(Cc1ccccn1)N1CC[C@@H]2CO[C@@H](CN3CCCC3=O)[C@@H]2C1. The molecule has 6 nitrogen and oxygen atoms in total. The lowest BCUT2D eigenvalue weighted by molar-refractivity contribution is -0.134. The van der Waals surface area contributed by atoms with Gasteiger partial charge in [-0.15, -0.1) is 0 Å². The number of carbonyl (C=O) groups excluding carboxylic acids is 2. The highest BCUT2D eigenvalue weighted by atomic mass is 16.5. The van der Waals surface area contributed by atoms with Crippen molar-refractivity contribution in [3.05, 3.63) is 30.1 Å². The number of hydrogen-bond acceptors (Lipinski definition) is 4. The van der Waals surface area contributed by atoms with Crippen molar-refractivity contribution in [3.8, 4) is 0 Å². The molecule has 25 heavy (non-hydrogen) atoms. The van der Waals surface area contributed by atoms with Gasteiger partial charge in [0.15, 0.2) is 0 Å². The smallest absolute Gasteiger partial charge is 0.228 e. The summed E-state index contributed by atoms with van der Waals surface area (Å²) in [5.41, 5.74) is 0.816. The second-order valence-corrected chi connectivity index (χ2v) is 7.37. The predicted molar refractivity (Wildman–Crippen MR) is 91.7 cm³/mol. The number of hydrogen-bond donors (Lipinski definition) is 0. The van der Waals surface area contributed by atoms with Crippen molar-refractivity contribution in [1.82, 2.24) is 14.8 Å². The van der Waals surface area contributed by atoms with E-state index in [2.05, 4.69) is 4.98 Å². The Morgan fingerprint density at radius 1 is 1.32 bits per heavy atom. The van der Waals surface area contributed by atoms with Crippen LogP contribution >= 0.6 is 0 Å². The van der Waals surface area contributed by atoms with Crippen LogP contribution in [0.3, 0.4) is 0 Å². The molecule has 6 heteroatoms. The van der Waals surface area contributed by atoms with Crippen LogP contribution in [-0.4, -0.2) is 65.5 Å². The molecule has 4 rings (SSSR count). The molecule has 0 aromatic carbocycles. The van der Waals surface area contributed by atoms with Gasteiger partial charge in [0, 0.05) is 50.4 Å². The molecule has 1 aromatic rings. The standard InChI is InChI=1S/C19H25N3O3/c23-18-5-3-8-21(18)12-17-16-11-22(9-6-14(16)13-25-17)19(24)10-15-4-1-2-7-20-15/h1-2,4,7,14,16-17H,3,5-6,8-13H2/t14-,16-,17+/m1/s1. The third-order valence-corrected chi connectivity index (χ3v) is 5.79. The molecular weight excluding hydrogens is 318 g/mol. The molecule has 4 heterocycles. The fourth-order valence-electron chi connectivity index (χ4n) is 4.33. The van der Waals surface area contributed by atoms with E-state index in [0.29, 0.717) is 31.2 Å². The van der Waals surface area contributed by atoms with Crippen molar-refractivity contribution in [1.29, 1.82) is 0 Å². The number of ether oxygens (including phenoxy) is 1. The van der Waals surface area contributed by atoms with Crippen LogP contribution < -0.4 is 0 Å². The number of rotatable bonds is 4. The van der Waals surface area contributed by atoms with Crippen LogP contribution in [0.25, 0.3) is 0 Å². The lowest BCUT2D eigenvalue weighted by Gasteiger charge is -2.36. The van der Waals surface area contributed by atoms with Gasteiger partial charge < -0.3 is 14.5 Å². The van der Waals surface area contributed by atoms with Crippen molar-refractivity contribution in [2.75, 3.05) is 32.8 Å². The van der Waals surface area contributed by atoms with Gasteiger partial charge in [0.2, 0.25) is 11.8 Å². The second kappa shape index (κ2) is 7.12. The molecule has 0 unspecified atom stereocenters. The van der Waals surface area contributed by atoms with E-state index in [1.807, 2.05) is 28.0 Å². The Morgan fingerprint density at radius 3 is 3.00 bits per heavy atom. The van der Waals surface area contributed by atoms with E-state index in [0.717, 1.165) is 44.8 Å². The summed E-state index contributed by atoms with van der Waals surface area (Å²) < 4.78 is 6.01. The van der Waals surface area contributed by atoms with Crippen LogP contribution in [0.4, 0.5) is 0 Å². The van der Waals surface area contributed by atoms with Gasteiger partial charge in [0.05, 0.1) is 19.1 Å². The Balaban J connectivity index is 1.37. The highest BCUT2D eigenvalue weighted by Gasteiger charge is 2.43. The van der Waals surface area contributed by atoms with E-state index >= 15 is 0 Å². The lowest BCUT2D eigenvalue weighted by atomic mass is 9.84. The monoisotopic (exact) mass is 343 g/mol. The molecule has 3 aliphatic heterocycles. The maximum Gasteiger partial charge on any atom is 0.228 e. The zero-order valence-corrected chi connectivity index (χ0v) is 14.5. The summed E-state index contributed by atoms with van der Waals surface area (Å²) in [6.07, 6.45) is 4.75. The van der Waals surface area contributed by atoms with E-state index in [1.165, 1.54) is 0 Å². The van der Waals surface area contributed by atoms with E-state index in [-0.39, 0.29) is 17.9 Å². The van der Waals surface area contributed by atoms with Gasteiger partial charge in [0.25, 0.3) is 0 Å². The van der Waals surface area contributed by atoms with Crippen LogP contribution in [0.2, 0.25) is 0 Å². The number of likely N-dealkylation sites (tertiary alicyclic amines) is 2. The molecule has 0 N–H and O–H groups in total. The second-order valence-electron chi connectivity index (χ2n) is 7.37. The van der Waals surface area contributed by atoms with Crippen LogP contribution in [0.5, 0.6) is 0 Å². The fraction of sp³-hybridized carbons (Fsp3) is 0.632. The number of pyridine rings is 1. The maximum atomic E-state index is 12.6. The number of piperidine rings is 1. The highest BCUT2D eigenvalue weighted by Crippen LogP contribution is 2.35. The molecular formula is C19H25N3O3. The van der Waals surface area contributed by atoms with E-state index < -0.39 is 0 Å². The number of amides is 2. The lowest BCUT2D eigenvalue weighted by Crippen LogP contribution is -2.48. The van der Waals surface area contributed by atoms with Crippen molar-refractivity contribution < 1.29 is 14.3 Å². The zero-order chi connectivity index (χ0) is 17.2. The van der Waals surface area contributed by atoms with Crippen LogP contribution in [0, 0.1) is 11.8 Å². The van der Waals surface area contributed by atoms with Gasteiger partial charge in [-0.05, 0) is 30.9 Å². The number of aromatic nitrogens is 1. The summed E-state index contributed by atoms with van der Waals surface area (Å²) in [7, 11) is 0. The van der Waals surface area contributed by atoms with E-state index in [9.17, 15) is 9.59 Å². The van der Waals surface area contributed by atoms with Gasteiger partial charge in [-0.25, -0.2) is 0 Å². The zero-order valence-electron chi connectivity index (χ0n) is 14.5. The van der Waals surface area contributed by atoms with Gasteiger partial charge in [-0.1, -0.05) is 6.07 Å². The molecule has 0 spiro atoms. The highest BCUT2D eigenvalue weighted by molar-refractivity contribution is 5.78. The third kappa shape index (κ3) is 3.54. The van der Waals surface area contributed by atoms with Gasteiger partial charge in [-0.3, -0.25) is 14.6 Å². The van der Waals surface area contributed by atoms with E-state index in [4.69, 9.17) is 4.74 Å². The largest absolute Gasteiger partial charge is 0.376 e. The summed E-state index contributed by atoms with van der Waals surface area (Å²) in [4.78, 5) is 32.7. The Kier molecular flexibility index (Phi) is 4.70. The normalized spacial score (nSPS) is 29.1. The summed E-state index contributed by atoms with van der Waals surface area (Å²) in [6.45, 7) is 3.83. The minimum Gasteiger partial charge on any atom is -0.376 e. The van der Waals surface area contributed by atoms with Gasteiger partial charge >= 0.3 is 0 Å². The summed E-state index contributed by atoms with van der Waals surface area (Å²) >= 11 is 0. The molecule has 2 amide bonds. The average Bonchev–Trinajstić information content (AvgIpc) is 3.22. The molecule has 3 fully saturated rings. The van der Waals surface area contributed by atoms with Crippen LogP contribution in [0.1, 0.15) is 25.0 Å². The topological polar surface area (TPSA) is 62.7 Å². The quantitative estimate of drug-likeness (QED) is 0.822. The molecule has 3 aliphatic rings. The molecule has 0 saturated carbocycles. The minimum absolute atomic E-state index is 0.0671. The minimum atomic E-state index is 0.0671. The fourth-order valence-corrected chi connectivity index (χ4v) is 4.33. The number of carbonyl (C=O) groups is 2. The van der Waals surface area contributed by atoms with Crippen molar-refractivity contribution >= 4 is 11.8 Å². The van der Waals surface area contributed by atoms with Crippen molar-refractivity contribution in [3.63, 3.8) is 0 Å². The third-order valence-electron chi connectivity index (χ3n) is 5.79. The summed E-state index contributed by atoms with van der Waals surface area (Å²) in [6, 6.07) is 5.67. The van der Waals surface area contributed by atoms with E-state index in [1.54, 1.807) is 6.20 Å². The molecule has 0 aliphatic carbocycles. The molecule has 3 atom stereocenters. The predicted octanol–water partition coefficient (Wildman–Crippen LogP) is 1.11. The van der Waals surface area contributed by atoms with Crippen LogP contribution in [-0.2, 0) is 20.7 Å². The average molecular weight is 343 g/mol. The molecule has 0 radical (unpaired) electrons. The van der Waals surface area contributed by atoms with Crippen LogP contribution in [0.15, 0.2) is 24.4 Å². The first-order valence-corrected chi connectivity index (χ1v) is 9.28. The van der Waals surface area contributed by atoms with Crippen molar-refractivity contribution in [2.45, 2.75) is 31.8 Å². The summed E-state index contributed by atoms with van der Waals surface area (Å²) in [5, 5.41) is 0.